The molecular weight excluding hydrogens is 350 g/mol. The Morgan fingerprint density at radius 3 is 2.52 bits per heavy atom. The number of likely N-dealkylation sites (N-methyl/N-ethyl adjacent to an activating group) is 1. The van der Waals surface area contributed by atoms with Crippen molar-refractivity contribution in [3.63, 3.8) is 0 Å². The highest BCUT2D eigenvalue weighted by Crippen LogP contribution is 2.18. The monoisotopic (exact) mass is 368 g/mol. The molecule has 1 amide bonds. The van der Waals surface area contributed by atoms with E-state index in [4.69, 9.17) is 0 Å². The van der Waals surface area contributed by atoms with E-state index in [9.17, 15) is 13.6 Å². The third-order valence-electron chi connectivity index (χ3n) is 4.03. The van der Waals surface area contributed by atoms with Gasteiger partial charge in [-0.2, -0.15) is 0 Å². The second kappa shape index (κ2) is 8.35. The molecule has 0 saturated heterocycles. The van der Waals surface area contributed by atoms with Crippen LogP contribution >= 0.6 is 0 Å². The smallest absolute Gasteiger partial charge is 0.255 e. The van der Waals surface area contributed by atoms with Crippen LogP contribution in [0.4, 0.5) is 20.3 Å². The van der Waals surface area contributed by atoms with Gasteiger partial charge in [0.25, 0.3) is 5.91 Å². The molecule has 1 aromatic carbocycles. The van der Waals surface area contributed by atoms with E-state index in [1.54, 1.807) is 36.5 Å². The molecule has 2 heterocycles. The topological polar surface area (TPSA) is 58.1 Å². The van der Waals surface area contributed by atoms with Crippen molar-refractivity contribution in [2.45, 2.75) is 6.42 Å². The molecule has 0 unspecified atom stereocenters. The van der Waals surface area contributed by atoms with E-state index in [1.807, 2.05) is 12.1 Å². The molecule has 0 saturated carbocycles. The van der Waals surface area contributed by atoms with E-state index in [0.29, 0.717) is 23.6 Å². The Labute approximate surface area is 155 Å². The van der Waals surface area contributed by atoms with Crippen LogP contribution in [-0.2, 0) is 6.42 Å². The molecule has 2 aromatic heterocycles. The first-order chi connectivity index (χ1) is 13.0. The molecule has 1 N–H and O–H groups in total. The van der Waals surface area contributed by atoms with Crippen LogP contribution in [0.1, 0.15) is 15.9 Å². The van der Waals surface area contributed by atoms with Crippen molar-refractivity contribution in [1.29, 1.82) is 0 Å². The van der Waals surface area contributed by atoms with Gasteiger partial charge in [0.05, 0.1) is 5.56 Å². The highest BCUT2D eigenvalue weighted by molar-refractivity contribution is 5.94. The van der Waals surface area contributed by atoms with Crippen LogP contribution in [0.25, 0.3) is 0 Å². The summed E-state index contributed by atoms with van der Waals surface area (Å²) in [5, 5.41) is 2.87. The number of benzene rings is 1. The molecule has 0 fully saturated rings. The number of pyridine rings is 2. The maximum atomic E-state index is 13.2. The van der Waals surface area contributed by atoms with Gasteiger partial charge in [0.2, 0.25) is 0 Å². The lowest BCUT2D eigenvalue weighted by atomic mass is 10.2. The minimum absolute atomic E-state index is 0.143. The van der Waals surface area contributed by atoms with Gasteiger partial charge >= 0.3 is 0 Å². The number of carbonyl (C=O) groups excluding carboxylic acids is 1. The molecule has 0 radical (unpaired) electrons. The third kappa shape index (κ3) is 4.84. The Morgan fingerprint density at radius 2 is 1.85 bits per heavy atom. The normalized spacial score (nSPS) is 10.5. The Balaban J connectivity index is 1.60. The highest BCUT2D eigenvalue weighted by atomic mass is 19.2. The van der Waals surface area contributed by atoms with Crippen LogP contribution in [0, 0.1) is 11.6 Å². The third-order valence-corrected chi connectivity index (χ3v) is 4.03. The molecule has 7 heteroatoms. The fourth-order valence-corrected chi connectivity index (χ4v) is 2.48. The number of nitrogens with one attached hydrogen (secondary N) is 1. The fraction of sp³-hybridized carbons (Fsp3) is 0.150. The summed E-state index contributed by atoms with van der Waals surface area (Å²) in [4.78, 5) is 22.2. The van der Waals surface area contributed by atoms with Gasteiger partial charge in [0, 0.05) is 43.9 Å². The first-order valence-corrected chi connectivity index (χ1v) is 8.35. The van der Waals surface area contributed by atoms with Gasteiger partial charge in [-0.25, -0.2) is 13.8 Å². The van der Waals surface area contributed by atoms with Crippen LogP contribution in [-0.4, -0.2) is 34.4 Å². The Kier molecular flexibility index (Phi) is 5.71. The molecule has 138 valence electrons. The first-order valence-electron chi connectivity index (χ1n) is 8.35. The standard InChI is InChI=1S/C20H18F2N4O/c1-26(11-8-14-6-9-23-10-7-14)20(27)15-2-5-19(24-13-15)25-16-3-4-17(21)18(22)12-16/h2-7,9-10,12-13H,8,11H2,1H3,(H,24,25). The summed E-state index contributed by atoms with van der Waals surface area (Å²) in [5.41, 5.74) is 1.92. The van der Waals surface area contributed by atoms with Gasteiger partial charge in [-0.15, -0.1) is 0 Å². The molecule has 5 nitrogen and oxygen atoms in total. The van der Waals surface area contributed by atoms with Crippen LogP contribution in [0.15, 0.2) is 61.1 Å². The predicted octanol–water partition coefficient (Wildman–Crippen LogP) is 3.81. The van der Waals surface area contributed by atoms with E-state index in [-0.39, 0.29) is 5.91 Å². The number of anilines is 2. The van der Waals surface area contributed by atoms with Crippen molar-refractivity contribution in [2.75, 3.05) is 18.9 Å². The molecule has 0 bridgehead atoms. The predicted molar refractivity (Wildman–Crippen MR) is 98.8 cm³/mol. The van der Waals surface area contributed by atoms with E-state index in [0.717, 1.165) is 24.1 Å². The lowest BCUT2D eigenvalue weighted by Crippen LogP contribution is -2.28. The van der Waals surface area contributed by atoms with Gasteiger partial charge < -0.3 is 10.2 Å². The largest absolute Gasteiger partial charge is 0.341 e. The van der Waals surface area contributed by atoms with Gasteiger partial charge in [-0.1, -0.05) is 0 Å². The number of hydrogen-bond donors (Lipinski definition) is 1. The summed E-state index contributed by atoms with van der Waals surface area (Å²) in [7, 11) is 1.73. The summed E-state index contributed by atoms with van der Waals surface area (Å²) in [6.07, 6.45) is 5.63. The minimum Gasteiger partial charge on any atom is -0.341 e. The maximum Gasteiger partial charge on any atom is 0.255 e. The Hall–Kier alpha value is -3.35. The van der Waals surface area contributed by atoms with Crippen molar-refractivity contribution in [3.8, 4) is 0 Å². The summed E-state index contributed by atoms with van der Waals surface area (Å²) in [6, 6.07) is 10.6. The average Bonchev–Trinajstić information content (AvgIpc) is 2.70. The number of nitrogens with zero attached hydrogens (tertiary/aromatic N) is 3. The molecule has 0 aliphatic rings. The number of rotatable bonds is 6. The molecular formula is C20H18F2N4O. The molecule has 3 rings (SSSR count). The van der Waals surface area contributed by atoms with E-state index < -0.39 is 11.6 Å². The van der Waals surface area contributed by atoms with Gasteiger partial charge in [0.1, 0.15) is 5.82 Å². The van der Waals surface area contributed by atoms with Crippen molar-refractivity contribution in [1.82, 2.24) is 14.9 Å². The van der Waals surface area contributed by atoms with Crippen LogP contribution in [0.2, 0.25) is 0 Å². The maximum absolute atomic E-state index is 13.2. The number of hydrogen-bond acceptors (Lipinski definition) is 4. The number of carbonyl (C=O) groups is 1. The van der Waals surface area contributed by atoms with E-state index in [1.165, 1.54) is 12.3 Å². The Morgan fingerprint density at radius 1 is 1.07 bits per heavy atom. The van der Waals surface area contributed by atoms with E-state index in [2.05, 4.69) is 15.3 Å². The van der Waals surface area contributed by atoms with Gasteiger partial charge in [-0.3, -0.25) is 9.78 Å². The van der Waals surface area contributed by atoms with Crippen molar-refractivity contribution < 1.29 is 13.6 Å². The SMILES string of the molecule is CN(CCc1ccncc1)C(=O)c1ccc(Nc2ccc(F)c(F)c2)nc1. The van der Waals surface area contributed by atoms with Crippen molar-refractivity contribution in [3.05, 3.63) is 83.8 Å². The quantitative estimate of drug-likeness (QED) is 0.719. The van der Waals surface area contributed by atoms with E-state index >= 15 is 0 Å². The van der Waals surface area contributed by atoms with Crippen molar-refractivity contribution >= 4 is 17.4 Å². The van der Waals surface area contributed by atoms with Gasteiger partial charge in [0.15, 0.2) is 11.6 Å². The lowest BCUT2D eigenvalue weighted by Gasteiger charge is -2.17. The molecule has 0 spiro atoms. The zero-order valence-electron chi connectivity index (χ0n) is 14.7. The van der Waals surface area contributed by atoms with Crippen LogP contribution in [0.3, 0.4) is 0 Å². The zero-order valence-corrected chi connectivity index (χ0v) is 14.7. The molecule has 0 aliphatic heterocycles. The second-order valence-corrected chi connectivity index (χ2v) is 6.02. The summed E-state index contributed by atoms with van der Waals surface area (Å²) >= 11 is 0. The highest BCUT2D eigenvalue weighted by Gasteiger charge is 2.12. The van der Waals surface area contributed by atoms with Crippen LogP contribution in [0.5, 0.6) is 0 Å². The summed E-state index contributed by atoms with van der Waals surface area (Å²) < 4.78 is 26.2. The second-order valence-electron chi connectivity index (χ2n) is 6.02. The van der Waals surface area contributed by atoms with Crippen LogP contribution < -0.4 is 5.32 Å². The number of halogens is 2. The molecule has 3 aromatic rings. The number of amides is 1. The molecule has 0 atom stereocenters. The first kappa shape index (κ1) is 18.4. The minimum atomic E-state index is -0.942. The lowest BCUT2D eigenvalue weighted by molar-refractivity contribution is 0.0796. The van der Waals surface area contributed by atoms with Crippen molar-refractivity contribution in [2.24, 2.45) is 0 Å². The van der Waals surface area contributed by atoms with Gasteiger partial charge in [-0.05, 0) is 48.4 Å². The number of aromatic nitrogens is 2. The zero-order chi connectivity index (χ0) is 19.2. The Bertz CT molecular complexity index is 917. The average molecular weight is 368 g/mol. The molecule has 0 aliphatic carbocycles. The fourth-order valence-electron chi connectivity index (χ4n) is 2.48. The summed E-state index contributed by atoms with van der Waals surface area (Å²) in [5.74, 6) is -1.57. The summed E-state index contributed by atoms with van der Waals surface area (Å²) in [6.45, 7) is 0.567. The molecule has 27 heavy (non-hydrogen) atoms.